The van der Waals surface area contributed by atoms with Crippen LogP contribution in [0.15, 0.2) is 146 Å². The first-order valence-corrected chi connectivity index (χ1v) is 17.2. The highest BCUT2D eigenvalue weighted by molar-refractivity contribution is 5.91. The molecule has 5 aromatic rings. The molecule has 1 unspecified atom stereocenters. The van der Waals surface area contributed by atoms with Crippen LogP contribution in [0.5, 0.6) is 11.5 Å². The summed E-state index contributed by atoms with van der Waals surface area (Å²) in [6.45, 7) is 4.13. The maximum Gasteiger partial charge on any atom is 0.343 e. The minimum absolute atomic E-state index is 0.0427. The van der Waals surface area contributed by atoms with Gasteiger partial charge in [0.1, 0.15) is 24.2 Å². The Balaban J connectivity index is 1.31. The topological polar surface area (TPSA) is 107 Å². The molecule has 9 nitrogen and oxygen atoms in total. The average molecular weight is 701 g/mol. The fourth-order valence-corrected chi connectivity index (χ4v) is 6.03. The summed E-state index contributed by atoms with van der Waals surface area (Å²) < 4.78 is 37.0. The fraction of sp³-hybridized carbons (Fsp3) is 0.233. The van der Waals surface area contributed by atoms with Gasteiger partial charge >= 0.3 is 17.9 Å². The second kappa shape index (κ2) is 17.4. The Morgan fingerprint density at radius 2 is 1.10 bits per heavy atom. The summed E-state index contributed by atoms with van der Waals surface area (Å²) in [4.78, 5) is 40.2. The van der Waals surface area contributed by atoms with Crippen molar-refractivity contribution in [3.63, 3.8) is 0 Å². The van der Waals surface area contributed by atoms with Crippen LogP contribution >= 0.6 is 0 Å². The molecule has 5 atom stereocenters. The molecule has 0 saturated carbocycles. The van der Waals surface area contributed by atoms with Gasteiger partial charge in [0, 0.05) is 5.92 Å². The lowest BCUT2D eigenvalue weighted by Gasteiger charge is -2.46. The predicted molar refractivity (Wildman–Crippen MR) is 192 cm³/mol. The lowest BCUT2D eigenvalue weighted by molar-refractivity contribution is -0.275. The van der Waals surface area contributed by atoms with E-state index in [9.17, 15) is 14.4 Å². The fourth-order valence-electron chi connectivity index (χ4n) is 6.03. The van der Waals surface area contributed by atoms with Gasteiger partial charge in [0.25, 0.3) is 0 Å². The molecule has 5 aromatic carbocycles. The first-order valence-electron chi connectivity index (χ1n) is 17.2. The number of hydrogen-bond donors (Lipinski definition) is 0. The Bertz CT molecular complexity index is 1880. The molecule has 6 rings (SSSR count). The highest BCUT2D eigenvalue weighted by Gasteiger charge is 2.54. The van der Waals surface area contributed by atoms with E-state index in [-0.39, 0.29) is 19.1 Å². The van der Waals surface area contributed by atoms with Gasteiger partial charge in [-0.15, -0.1) is 0 Å². The molecule has 0 radical (unpaired) electrons. The highest BCUT2D eigenvalue weighted by Crippen LogP contribution is 2.38. The molecular weight excluding hydrogens is 660 g/mol. The maximum absolute atomic E-state index is 13.9. The zero-order valence-electron chi connectivity index (χ0n) is 28.9. The predicted octanol–water partition coefficient (Wildman–Crippen LogP) is 7.84. The van der Waals surface area contributed by atoms with Crippen molar-refractivity contribution in [2.24, 2.45) is 11.8 Å². The molecule has 0 aromatic heterocycles. The molecule has 0 bridgehead atoms. The summed E-state index contributed by atoms with van der Waals surface area (Å²) in [5, 5.41) is 0. The van der Waals surface area contributed by atoms with Gasteiger partial charge in [0.2, 0.25) is 6.29 Å². The molecule has 1 aliphatic heterocycles. The molecule has 9 heteroatoms. The molecule has 1 heterocycles. The Labute approximate surface area is 303 Å². The summed E-state index contributed by atoms with van der Waals surface area (Å²) in [6.07, 6.45) is -4.40. The van der Waals surface area contributed by atoms with E-state index in [2.05, 4.69) is 0 Å². The summed E-state index contributed by atoms with van der Waals surface area (Å²) in [7, 11) is 0. The van der Waals surface area contributed by atoms with Crippen LogP contribution in [0, 0.1) is 11.8 Å². The molecule has 1 aliphatic rings. The van der Waals surface area contributed by atoms with E-state index in [1.165, 1.54) is 0 Å². The van der Waals surface area contributed by atoms with Crippen LogP contribution < -0.4 is 9.47 Å². The van der Waals surface area contributed by atoms with Gasteiger partial charge < -0.3 is 28.4 Å². The van der Waals surface area contributed by atoms with E-state index in [4.69, 9.17) is 28.4 Å². The molecule has 52 heavy (non-hydrogen) atoms. The van der Waals surface area contributed by atoms with Crippen molar-refractivity contribution in [3.8, 4) is 11.5 Å². The van der Waals surface area contributed by atoms with Gasteiger partial charge in [-0.2, -0.15) is 0 Å². The molecule has 266 valence electrons. The van der Waals surface area contributed by atoms with E-state index in [0.717, 1.165) is 11.1 Å². The monoisotopic (exact) mass is 700 g/mol. The van der Waals surface area contributed by atoms with Gasteiger partial charge in [0.05, 0.1) is 17.7 Å². The van der Waals surface area contributed by atoms with Crippen LogP contribution in [0.4, 0.5) is 0 Å². The smallest absolute Gasteiger partial charge is 0.343 e. The first kappa shape index (κ1) is 36.0. The van der Waals surface area contributed by atoms with Crippen molar-refractivity contribution in [2.75, 3.05) is 0 Å². The zero-order chi connectivity index (χ0) is 36.3. The van der Waals surface area contributed by atoms with Crippen LogP contribution in [-0.4, -0.2) is 42.5 Å². The summed E-state index contributed by atoms with van der Waals surface area (Å²) >= 11 is 0. The first-order chi connectivity index (χ1) is 25.4. The van der Waals surface area contributed by atoms with E-state index >= 15 is 0 Å². The molecule has 1 saturated heterocycles. The Hall–Kier alpha value is -5.77. The number of carbonyl (C=O) groups is 3. The third kappa shape index (κ3) is 9.31. The number of hydrogen-bond acceptors (Lipinski definition) is 9. The van der Waals surface area contributed by atoms with Gasteiger partial charge in [-0.3, -0.25) is 0 Å². The molecule has 0 amide bonds. The molecule has 1 fully saturated rings. The van der Waals surface area contributed by atoms with Crippen LogP contribution in [-0.2, 0) is 37.0 Å². The van der Waals surface area contributed by atoms with Crippen molar-refractivity contribution < 1.29 is 42.8 Å². The minimum Gasteiger partial charge on any atom is -0.461 e. The lowest BCUT2D eigenvalue weighted by atomic mass is 9.80. The Kier molecular flexibility index (Phi) is 12.1. The van der Waals surface area contributed by atoms with Gasteiger partial charge in [-0.25, -0.2) is 14.4 Å². The average Bonchev–Trinajstić information content (AvgIpc) is 3.18. The van der Waals surface area contributed by atoms with Crippen LogP contribution in [0.2, 0.25) is 0 Å². The van der Waals surface area contributed by atoms with Crippen molar-refractivity contribution >= 4 is 17.9 Å². The second-order valence-corrected chi connectivity index (χ2v) is 12.7. The lowest BCUT2D eigenvalue weighted by Crippen LogP contribution is -2.62. The minimum atomic E-state index is -1.30. The molecular formula is C43H40O9. The van der Waals surface area contributed by atoms with E-state index in [1.807, 2.05) is 80.6 Å². The van der Waals surface area contributed by atoms with Crippen LogP contribution in [0.1, 0.15) is 45.7 Å². The van der Waals surface area contributed by atoms with Crippen LogP contribution in [0.25, 0.3) is 0 Å². The quantitative estimate of drug-likeness (QED) is 0.0897. The Morgan fingerprint density at radius 3 is 1.65 bits per heavy atom. The Morgan fingerprint density at radius 1 is 0.596 bits per heavy atom. The number of esters is 3. The van der Waals surface area contributed by atoms with Crippen molar-refractivity contribution in [2.45, 2.75) is 51.7 Å². The largest absolute Gasteiger partial charge is 0.461 e. The second-order valence-electron chi connectivity index (χ2n) is 12.7. The maximum atomic E-state index is 13.9. The molecule has 0 N–H and O–H groups in total. The summed E-state index contributed by atoms with van der Waals surface area (Å²) in [6, 6.07) is 42.6. The van der Waals surface area contributed by atoms with E-state index in [0.29, 0.717) is 22.6 Å². The zero-order valence-corrected chi connectivity index (χ0v) is 28.9. The normalized spacial score (nSPS) is 19.7. The third-order valence-electron chi connectivity index (χ3n) is 8.66. The number of ether oxygens (including phenoxy) is 6. The number of benzene rings is 5. The van der Waals surface area contributed by atoms with Crippen molar-refractivity contribution in [1.82, 2.24) is 0 Å². The summed E-state index contributed by atoms with van der Waals surface area (Å²) in [5.74, 6) is -1.87. The molecule has 0 aliphatic carbocycles. The van der Waals surface area contributed by atoms with Gasteiger partial charge in [-0.1, -0.05) is 111 Å². The van der Waals surface area contributed by atoms with Crippen LogP contribution in [0.3, 0.4) is 0 Å². The van der Waals surface area contributed by atoms with Crippen molar-refractivity contribution in [1.29, 1.82) is 0 Å². The number of rotatable bonds is 13. The van der Waals surface area contributed by atoms with Crippen molar-refractivity contribution in [3.05, 3.63) is 168 Å². The summed E-state index contributed by atoms with van der Waals surface area (Å²) in [5.41, 5.74) is 2.46. The van der Waals surface area contributed by atoms with Gasteiger partial charge in [-0.05, 0) is 65.6 Å². The van der Waals surface area contributed by atoms with E-state index in [1.54, 1.807) is 78.9 Å². The standard InChI is InChI=1S/C43H40O9/c1-29(2)36-37(47-27-30-15-7-3-8-16-30)39(51-41(45)33-21-13-6-14-22-33)43(52-38(36)42(46)48-28-31-17-9-4-10-18-31)50-35-25-23-34(24-26-35)49-40(44)32-19-11-5-12-20-32/h3-26,29,36-39,43H,27-28H2,1-2H3/t36-,37-,38-,39+,43?/m0/s1. The third-order valence-corrected chi connectivity index (χ3v) is 8.66. The number of carbonyl (C=O) groups excluding carboxylic acids is 3. The molecule has 0 spiro atoms. The van der Waals surface area contributed by atoms with E-state index < -0.39 is 48.4 Å². The van der Waals surface area contributed by atoms with Gasteiger partial charge in [0.15, 0.2) is 12.2 Å². The SMILES string of the molecule is CC(C)[C@H]1[C@H](OCc2ccccc2)[C@@H](OC(=O)c2ccccc2)C(Oc2ccc(OC(=O)c3ccccc3)cc2)O[C@@H]1C(=O)OCc1ccccc1. The highest BCUT2D eigenvalue weighted by atomic mass is 16.7.